The number of ether oxygens (including phenoxy) is 1. The second-order valence-corrected chi connectivity index (χ2v) is 5.36. The van der Waals surface area contributed by atoms with Gasteiger partial charge in [-0.25, -0.2) is 0 Å². The van der Waals surface area contributed by atoms with E-state index in [-0.39, 0.29) is 18.4 Å². The Morgan fingerprint density at radius 2 is 1.80 bits per heavy atom. The van der Waals surface area contributed by atoms with Crippen LogP contribution in [0.4, 0.5) is 0 Å². The van der Waals surface area contributed by atoms with Crippen molar-refractivity contribution >= 4 is 23.6 Å². The minimum absolute atomic E-state index is 0.133. The summed E-state index contributed by atoms with van der Waals surface area (Å²) in [6.07, 6.45) is 1.02. The Labute approximate surface area is 123 Å². The lowest BCUT2D eigenvalue weighted by Crippen LogP contribution is -2.44. The number of carbonyl (C=O) groups is 2. The lowest BCUT2D eigenvalue weighted by Gasteiger charge is -2.08. The molecule has 0 aliphatic heterocycles. The molecule has 0 saturated heterocycles. The Bertz CT molecular complexity index is 435. The lowest BCUT2D eigenvalue weighted by atomic mass is 10.2. The van der Waals surface area contributed by atoms with Crippen molar-refractivity contribution in [2.24, 2.45) is 0 Å². The third-order valence-electron chi connectivity index (χ3n) is 2.31. The van der Waals surface area contributed by atoms with Crippen LogP contribution in [0.3, 0.4) is 0 Å². The number of aryl methyl sites for hydroxylation is 1. The molecule has 1 rings (SSSR count). The Balaban J connectivity index is 2.17. The van der Waals surface area contributed by atoms with Crippen LogP contribution in [0.2, 0.25) is 0 Å². The monoisotopic (exact) mass is 296 g/mol. The third-order valence-corrected chi connectivity index (χ3v) is 3.48. The molecule has 0 atom stereocenters. The molecule has 2 amide bonds. The summed E-state index contributed by atoms with van der Waals surface area (Å²) < 4.78 is 5.29. The van der Waals surface area contributed by atoms with E-state index in [0.717, 1.165) is 17.7 Å². The molecular weight excluding hydrogens is 276 g/mol. The van der Waals surface area contributed by atoms with Crippen LogP contribution in [-0.2, 0) is 9.59 Å². The van der Waals surface area contributed by atoms with E-state index in [4.69, 9.17) is 4.74 Å². The van der Waals surface area contributed by atoms with Gasteiger partial charge in [-0.1, -0.05) is 24.6 Å². The fourth-order valence-corrected chi connectivity index (χ4v) is 1.99. The van der Waals surface area contributed by atoms with Gasteiger partial charge >= 0.3 is 0 Å². The first-order chi connectivity index (χ1) is 9.61. The molecule has 5 nitrogen and oxygen atoms in total. The number of carbonyl (C=O) groups excluding carboxylic acids is 2. The summed E-state index contributed by atoms with van der Waals surface area (Å²) in [5.74, 6) is 1.28. The molecule has 0 unspecified atom stereocenters. The zero-order valence-corrected chi connectivity index (χ0v) is 12.6. The molecule has 110 valence electrons. The van der Waals surface area contributed by atoms with E-state index in [9.17, 15) is 9.59 Å². The van der Waals surface area contributed by atoms with E-state index in [2.05, 4.69) is 17.8 Å². The third kappa shape index (κ3) is 7.04. The number of rotatable bonds is 7. The molecule has 1 aromatic carbocycles. The number of amides is 2. The van der Waals surface area contributed by atoms with Gasteiger partial charge in [-0.3, -0.25) is 20.4 Å². The number of benzene rings is 1. The van der Waals surface area contributed by atoms with Gasteiger partial charge in [0.2, 0.25) is 5.91 Å². The summed E-state index contributed by atoms with van der Waals surface area (Å²) in [6, 6.07) is 7.39. The smallest absolute Gasteiger partial charge is 0.276 e. The van der Waals surface area contributed by atoms with Gasteiger partial charge in [0, 0.05) is 0 Å². The summed E-state index contributed by atoms with van der Waals surface area (Å²) in [4.78, 5) is 22.8. The Kier molecular flexibility index (Phi) is 7.57. The highest BCUT2D eigenvalue weighted by Crippen LogP contribution is 2.10. The maximum absolute atomic E-state index is 11.5. The van der Waals surface area contributed by atoms with Crippen LogP contribution < -0.4 is 15.6 Å². The molecule has 1 aromatic rings. The van der Waals surface area contributed by atoms with Crippen molar-refractivity contribution in [3.05, 3.63) is 29.8 Å². The molecule has 0 aliphatic carbocycles. The highest BCUT2D eigenvalue weighted by Gasteiger charge is 2.05. The standard InChI is InChI=1S/C14H20N2O3S/c1-3-8-20-10-14(18)16-15-13(17)9-19-12-6-4-11(2)5-7-12/h4-7H,3,8-10H2,1-2H3,(H,15,17)(H,16,18). The first-order valence-electron chi connectivity index (χ1n) is 6.46. The zero-order valence-electron chi connectivity index (χ0n) is 11.8. The van der Waals surface area contributed by atoms with Crippen LogP contribution in [0.15, 0.2) is 24.3 Å². The molecule has 0 fully saturated rings. The fraction of sp³-hybridized carbons (Fsp3) is 0.429. The van der Waals surface area contributed by atoms with E-state index in [0.29, 0.717) is 11.5 Å². The van der Waals surface area contributed by atoms with Crippen LogP contribution >= 0.6 is 11.8 Å². The number of hydrazine groups is 1. The SMILES string of the molecule is CCCSCC(=O)NNC(=O)COc1ccc(C)cc1. The molecule has 0 spiro atoms. The summed E-state index contributed by atoms with van der Waals surface area (Å²) >= 11 is 1.53. The normalized spacial score (nSPS) is 9.90. The predicted molar refractivity (Wildman–Crippen MR) is 80.6 cm³/mol. The van der Waals surface area contributed by atoms with Gasteiger partial charge in [0.1, 0.15) is 5.75 Å². The molecule has 0 radical (unpaired) electrons. The predicted octanol–water partition coefficient (Wildman–Crippen LogP) is 1.66. The van der Waals surface area contributed by atoms with Crippen LogP contribution in [0.25, 0.3) is 0 Å². The Morgan fingerprint density at radius 1 is 1.15 bits per heavy atom. The number of thioether (sulfide) groups is 1. The molecule has 0 aromatic heterocycles. The average molecular weight is 296 g/mol. The van der Waals surface area contributed by atoms with Gasteiger partial charge in [0.25, 0.3) is 5.91 Å². The van der Waals surface area contributed by atoms with E-state index < -0.39 is 0 Å². The first kappa shape index (κ1) is 16.4. The maximum atomic E-state index is 11.5. The van der Waals surface area contributed by atoms with Crippen molar-refractivity contribution < 1.29 is 14.3 Å². The molecule has 0 aliphatic rings. The van der Waals surface area contributed by atoms with Gasteiger partial charge in [-0.15, -0.1) is 0 Å². The van der Waals surface area contributed by atoms with E-state index in [1.807, 2.05) is 19.1 Å². The Morgan fingerprint density at radius 3 is 2.45 bits per heavy atom. The van der Waals surface area contributed by atoms with Crippen LogP contribution in [0, 0.1) is 6.92 Å². The minimum Gasteiger partial charge on any atom is -0.484 e. The first-order valence-corrected chi connectivity index (χ1v) is 7.62. The fourth-order valence-electron chi connectivity index (χ4n) is 1.30. The van der Waals surface area contributed by atoms with Gasteiger partial charge in [-0.2, -0.15) is 11.8 Å². The van der Waals surface area contributed by atoms with Crippen LogP contribution in [0.5, 0.6) is 5.75 Å². The summed E-state index contributed by atoms with van der Waals surface area (Å²) in [5, 5.41) is 0. The lowest BCUT2D eigenvalue weighted by molar-refractivity contribution is -0.128. The van der Waals surface area contributed by atoms with E-state index in [1.54, 1.807) is 12.1 Å². The number of hydrogen-bond acceptors (Lipinski definition) is 4. The summed E-state index contributed by atoms with van der Waals surface area (Å²) in [5.41, 5.74) is 5.79. The van der Waals surface area contributed by atoms with E-state index in [1.165, 1.54) is 11.8 Å². The van der Waals surface area contributed by atoms with Crippen LogP contribution in [0.1, 0.15) is 18.9 Å². The van der Waals surface area contributed by atoms with Crippen molar-refractivity contribution in [2.45, 2.75) is 20.3 Å². The van der Waals surface area contributed by atoms with E-state index >= 15 is 0 Å². The summed E-state index contributed by atoms with van der Waals surface area (Å²) in [6.45, 7) is 3.89. The van der Waals surface area contributed by atoms with Gasteiger partial charge < -0.3 is 4.74 Å². The largest absolute Gasteiger partial charge is 0.484 e. The summed E-state index contributed by atoms with van der Waals surface area (Å²) in [7, 11) is 0. The van der Waals surface area contributed by atoms with Crippen molar-refractivity contribution in [3.8, 4) is 5.75 Å². The highest BCUT2D eigenvalue weighted by atomic mass is 32.2. The van der Waals surface area contributed by atoms with Crippen LogP contribution in [-0.4, -0.2) is 29.9 Å². The topological polar surface area (TPSA) is 67.4 Å². The minimum atomic E-state index is -0.389. The molecule has 0 saturated carbocycles. The molecule has 20 heavy (non-hydrogen) atoms. The maximum Gasteiger partial charge on any atom is 0.276 e. The number of hydrogen-bond donors (Lipinski definition) is 2. The van der Waals surface area contributed by atoms with Crippen molar-refractivity contribution in [1.29, 1.82) is 0 Å². The van der Waals surface area contributed by atoms with Gasteiger partial charge in [0.05, 0.1) is 5.75 Å². The van der Waals surface area contributed by atoms with Crippen molar-refractivity contribution in [1.82, 2.24) is 10.9 Å². The van der Waals surface area contributed by atoms with Crippen molar-refractivity contribution in [3.63, 3.8) is 0 Å². The highest BCUT2D eigenvalue weighted by molar-refractivity contribution is 7.99. The average Bonchev–Trinajstić information content (AvgIpc) is 2.45. The quantitative estimate of drug-likeness (QED) is 0.593. The second kappa shape index (κ2) is 9.25. The molecule has 2 N–H and O–H groups in total. The zero-order chi connectivity index (χ0) is 14.8. The molecule has 0 heterocycles. The second-order valence-electron chi connectivity index (χ2n) is 4.25. The molecule has 6 heteroatoms. The van der Waals surface area contributed by atoms with Gasteiger partial charge in [0.15, 0.2) is 6.61 Å². The van der Waals surface area contributed by atoms with Gasteiger partial charge in [-0.05, 0) is 31.2 Å². The molecular formula is C14H20N2O3S. The van der Waals surface area contributed by atoms with Crippen molar-refractivity contribution in [2.75, 3.05) is 18.1 Å². The Hall–Kier alpha value is -1.69. The molecule has 0 bridgehead atoms. The number of nitrogens with one attached hydrogen (secondary N) is 2.